The van der Waals surface area contributed by atoms with E-state index < -0.39 is 5.82 Å². The van der Waals surface area contributed by atoms with Crippen LogP contribution in [0.3, 0.4) is 0 Å². The molecule has 0 spiro atoms. The minimum atomic E-state index is -0.435. The van der Waals surface area contributed by atoms with Crippen molar-refractivity contribution in [1.29, 1.82) is 5.26 Å². The van der Waals surface area contributed by atoms with Crippen molar-refractivity contribution in [3.05, 3.63) is 47.8 Å². The number of benzene rings is 1. The van der Waals surface area contributed by atoms with Gasteiger partial charge in [-0.2, -0.15) is 5.26 Å². The molecule has 0 bridgehead atoms. The number of para-hydroxylation sites is 1. The first-order chi connectivity index (χ1) is 9.19. The molecule has 3 aromatic rings. The summed E-state index contributed by atoms with van der Waals surface area (Å²) in [6.07, 6.45) is 1.51. The molecule has 0 amide bonds. The Hall–Kier alpha value is -2.74. The van der Waals surface area contributed by atoms with Gasteiger partial charge in [0.15, 0.2) is 17.1 Å². The van der Waals surface area contributed by atoms with Crippen LogP contribution in [0.4, 0.5) is 4.39 Å². The zero-order valence-corrected chi connectivity index (χ0v) is 10.0. The van der Waals surface area contributed by atoms with E-state index in [-0.39, 0.29) is 11.3 Å². The molecule has 0 aliphatic carbocycles. The Morgan fingerprint density at radius 1 is 1.37 bits per heavy atom. The van der Waals surface area contributed by atoms with Gasteiger partial charge in [-0.15, -0.1) is 0 Å². The van der Waals surface area contributed by atoms with E-state index in [0.29, 0.717) is 22.5 Å². The highest BCUT2D eigenvalue weighted by atomic mass is 19.1. The fraction of sp³-hybridized carbons (Fsp3) is 0.0714. The van der Waals surface area contributed by atoms with Gasteiger partial charge in [0.25, 0.3) is 0 Å². The number of fused-ring (bicyclic) bond motifs is 1. The van der Waals surface area contributed by atoms with Crippen LogP contribution in [0.25, 0.3) is 22.3 Å². The minimum absolute atomic E-state index is 0.168. The molecule has 0 radical (unpaired) electrons. The van der Waals surface area contributed by atoms with Gasteiger partial charge in [-0.1, -0.05) is 12.1 Å². The molecule has 4 nitrogen and oxygen atoms in total. The average molecular weight is 253 g/mol. The second-order valence-electron chi connectivity index (χ2n) is 4.06. The van der Waals surface area contributed by atoms with Crippen molar-refractivity contribution in [1.82, 2.24) is 9.97 Å². The number of hydrogen-bond acceptors (Lipinski definition) is 4. The van der Waals surface area contributed by atoms with Crippen LogP contribution in [0.2, 0.25) is 0 Å². The monoisotopic (exact) mass is 253 g/mol. The van der Waals surface area contributed by atoms with Crippen molar-refractivity contribution >= 4 is 11.0 Å². The Morgan fingerprint density at radius 3 is 2.95 bits per heavy atom. The van der Waals surface area contributed by atoms with Crippen LogP contribution >= 0.6 is 0 Å². The molecule has 0 atom stereocenters. The fourth-order valence-corrected chi connectivity index (χ4v) is 1.90. The molecule has 19 heavy (non-hydrogen) atoms. The number of aryl methyl sites for hydroxylation is 1. The number of hydrogen-bond donors (Lipinski definition) is 0. The van der Waals surface area contributed by atoms with E-state index >= 15 is 0 Å². The number of nitrogens with zero attached hydrogens (tertiary/aromatic N) is 3. The highest BCUT2D eigenvalue weighted by Gasteiger charge is 2.14. The molecule has 0 aliphatic heterocycles. The number of nitriles is 1. The van der Waals surface area contributed by atoms with Crippen LogP contribution in [0, 0.1) is 24.1 Å². The normalized spacial score (nSPS) is 10.6. The second-order valence-corrected chi connectivity index (χ2v) is 4.06. The quantitative estimate of drug-likeness (QED) is 0.668. The SMILES string of the molecule is Cc1ncc(-c2cc3cccc(F)c3o2)c(C#N)n1. The maximum absolute atomic E-state index is 13.6. The molecule has 3 rings (SSSR count). The number of halogens is 1. The van der Waals surface area contributed by atoms with Crippen LogP contribution in [0.1, 0.15) is 11.5 Å². The molecular formula is C14H8FN3O. The van der Waals surface area contributed by atoms with E-state index in [1.54, 1.807) is 25.1 Å². The average Bonchev–Trinajstić information content (AvgIpc) is 2.83. The van der Waals surface area contributed by atoms with E-state index in [1.807, 2.05) is 6.07 Å². The van der Waals surface area contributed by atoms with Gasteiger partial charge in [0.1, 0.15) is 17.7 Å². The highest BCUT2D eigenvalue weighted by Crippen LogP contribution is 2.30. The zero-order valence-electron chi connectivity index (χ0n) is 10.0. The van der Waals surface area contributed by atoms with Crippen molar-refractivity contribution in [2.24, 2.45) is 0 Å². The molecular weight excluding hydrogens is 245 g/mol. The van der Waals surface area contributed by atoms with Gasteiger partial charge in [-0.05, 0) is 19.1 Å². The van der Waals surface area contributed by atoms with Crippen molar-refractivity contribution < 1.29 is 8.81 Å². The Kier molecular flexibility index (Phi) is 2.50. The lowest BCUT2D eigenvalue weighted by atomic mass is 10.1. The lowest BCUT2D eigenvalue weighted by molar-refractivity contribution is 0.568. The third kappa shape index (κ3) is 1.83. The van der Waals surface area contributed by atoms with Crippen LogP contribution in [0.5, 0.6) is 0 Å². The molecule has 2 heterocycles. The summed E-state index contributed by atoms with van der Waals surface area (Å²) in [5, 5.41) is 9.72. The summed E-state index contributed by atoms with van der Waals surface area (Å²) >= 11 is 0. The molecule has 1 aromatic carbocycles. The summed E-state index contributed by atoms with van der Waals surface area (Å²) < 4.78 is 19.0. The Labute approximate surface area is 108 Å². The third-order valence-electron chi connectivity index (χ3n) is 2.78. The van der Waals surface area contributed by atoms with Gasteiger partial charge in [0.05, 0.1) is 5.56 Å². The van der Waals surface area contributed by atoms with Gasteiger partial charge in [-0.25, -0.2) is 14.4 Å². The van der Waals surface area contributed by atoms with Gasteiger partial charge in [0, 0.05) is 11.6 Å². The van der Waals surface area contributed by atoms with Crippen molar-refractivity contribution in [2.45, 2.75) is 6.92 Å². The highest BCUT2D eigenvalue weighted by molar-refractivity contribution is 5.83. The number of aromatic nitrogens is 2. The predicted octanol–water partition coefficient (Wildman–Crippen LogP) is 3.21. The van der Waals surface area contributed by atoms with Crippen molar-refractivity contribution in [3.63, 3.8) is 0 Å². The van der Waals surface area contributed by atoms with Gasteiger partial charge in [-0.3, -0.25) is 0 Å². The Bertz CT molecular complexity index is 817. The summed E-state index contributed by atoms with van der Waals surface area (Å²) in [4.78, 5) is 8.08. The van der Waals surface area contributed by atoms with Crippen LogP contribution < -0.4 is 0 Å². The number of furan rings is 1. The first-order valence-electron chi connectivity index (χ1n) is 5.61. The van der Waals surface area contributed by atoms with Crippen LogP contribution in [-0.2, 0) is 0 Å². The standard InChI is InChI=1S/C14H8FN3O/c1-8-17-7-10(12(6-16)18-8)13-5-9-3-2-4-11(15)14(9)19-13/h2-5,7H,1H3. The summed E-state index contributed by atoms with van der Waals surface area (Å²) in [5.74, 6) is 0.453. The Balaban J connectivity index is 2.25. The summed E-state index contributed by atoms with van der Waals surface area (Å²) in [6.45, 7) is 1.70. The second kappa shape index (κ2) is 4.18. The van der Waals surface area contributed by atoms with Gasteiger partial charge < -0.3 is 4.42 Å². The first-order valence-corrected chi connectivity index (χ1v) is 5.61. The Morgan fingerprint density at radius 2 is 2.21 bits per heavy atom. The van der Waals surface area contributed by atoms with Crippen molar-refractivity contribution in [3.8, 4) is 17.4 Å². The number of rotatable bonds is 1. The van der Waals surface area contributed by atoms with Crippen LogP contribution in [-0.4, -0.2) is 9.97 Å². The molecule has 0 N–H and O–H groups in total. The van der Waals surface area contributed by atoms with E-state index in [2.05, 4.69) is 9.97 Å². The topological polar surface area (TPSA) is 62.7 Å². The molecule has 5 heteroatoms. The minimum Gasteiger partial charge on any atom is -0.453 e. The van der Waals surface area contributed by atoms with Gasteiger partial charge in [0.2, 0.25) is 0 Å². The molecule has 92 valence electrons. The molecule has 2 aromatic heterocycles. The largest absolute Gasteiger partial charge is 0.453 e. The van der Waals surface area contributed by atoms with E-state index in [4.69, 9.17) is 9.68 Å². The third-order valence-corrected chi connectivity index (χ3v) is 2.78. The smallest absolute Gasteiger partial charge is 0.170 e. The van der Waals surface area contributed by atoms with Crippen molar-refractivity contribution in [2.75, 3.05) is 0 Å². The van der Waals surface area contributed by atoms with E-state index in [0.717, 1.165) is 0 Å². The molecule has 0 unspecified atom stereocenters. The van der Waals surface area contributed by atoms with E-state index in [1.165, 1.54) is 12.3 Å². The lowest BCUT2D eigenvalue weighted by Crippen LogP contribution is -1.94. The zero-order chi connectivity index (χ0) is 13.4. The first kappa shape index (κ1) is 11.4. The summed E-state index contributed by atoms with van der Waals surface area (Å²) in [6, 6.07) is 8.34. The molecule has 0 saturated heterocycles. The molecule has 0 aliphatic rings. The maximum atomic E-state index is 13.6. The molecule has 0 saturated carbocycles. The summed E-state index contributed by atoms with van der Waals surface area (Å²) in [7, 11) is 0. The lowest BCUT2D eigenvalue weighted by Gasteiger charge is -1.99. The summed E-state index contributed by atoms with van der Waals surface area (Å²) in [5.41, 5.74) is 0.845. The fourth-order valence-electron chi connectivity index (χ4n) is 1.90. The van der Waals surface area contributed by atoms with E-state index in [9.17, 15) is 4.39 Å². The van der Waals surface area contributed by atoms with Gasteiger partial charge >= 0.3 is 0 Å². The van der Waals surface area contributed by atoms with Crippen LogP contribution in [0.15, 0.2) is 34.9 Å². The predicted molar refractivity (Wildman–Crippen MR) is 66.7 cm³/mol. The maximum Gasteiger partial charge on any atom is 0.170 e. The molecule has 0 fully saturated rings.